The second kappa shape index (κ2) is 12.9. The number of halogens is 5. The minimum Gasteiger partial charge on any atom is -0.493 e. The molecule has 0 unspecified atom stereocenters. The molecule has 4 aromatic rings. The van der Waals surface area contributed by atoms with Gasteiger partial charge in [0.2, 0.25) is 0 Å². The monoisotopic (exact) mass is 662 g/mol. The van der Waals surface area contributed by atoms with Crippen LogP contribution in [-0.2, 0) is 16.1 Å². The number of ether oxygens (including phenoxy) is 3. The van der Waals surface area contributed by atoms with Crippen molar-refractivity contribution in [3.63, 3.8) is 0 Å². The van der Waals surface area contributed by atoms with Crippen LogP contribution in [-0.4, -0.2) is 30.4 Å². The van der Waals surface area contributed by atoms with Crippen LogP contribution in [0.4, 0.5) is 13.2 Å². The first-order valence-corrected chi connectivity index (χ1v) is 14.7. The van der Waals surface area contributed by atoms with Crippen LogP contribution >= 0.6 is 34.5 Å². The highest BCUT2D eigenvalue weighted by atomic mass is 35.5. The Hall–Kier alpha value is -4.06. The van der Waals surface area contributed by atoms with Gasteiger partial charge >= 0.3 is 12.1 Å². The van der Waals surface area contributed by atoms with E-state index in [0.29, 0.717) is 27.1 Å². The van der Waals surface area contributed by atoms with Gasteiger partial charge in [-0.15, -0.1) is 0 Å². The lowest BCUT2D eigenvalue weighted by Gasteiger charge is -2.26. The van der Waals surface area contributed by atoms with Gasteiger partial charge in [0.1, 0.15) is 6.61 Å². The van der Waals surface area contributed by atoms with Crippen molar-refractivity contribution in [3.8, 4) is 11.5 Å². The van der Waals surface area contributed by atoms with Crippen molar-refractivity contribution in [3.05, 3.63) is 124 Å². The summed E-state index contributed by atoms with van der Waals surface area (Å²) in [4.78, 5) is 30.5. The number of carbonyl (C=O) groups excluding carboxylic acids is 1. The summed E-state index contributed by atoms with van der Waals surface area (Å²) < 4.78 is 60.8. The Bertz CT molecular complexity index is 1940. The smallest absolute Gasteiger partial charge is 0.434 e. The molecule has 1 aliphatic heterocycles. The van der Waals surface area contributed by atoms with E-state index in [4.69, 9.17) is 37.4 Å². The van der Waals surface area contributed by atoms with Crippen LogP contribution in [0.2, 0.25) is 10.0 Å². The van der Waals surface area contributed by atoms with Crippen molar-refractivity contribution in [2.24, 2.45) is 4.99 Å². The molecular formula is C31H23Cl2F3N2O5S. The molecule has 2 heterocycles. The van der Waals surface area contributed by atoms with E-state index in [9.17, 15) is 22.8 Å². The maximum atomic E-state index is 14.4. The molecule has 0 aliphatic carbocycles. The van der Waals surface area contributed by atoms with Gasteiger partial charge in [0.15, 0.2) is 22.0 Å². The molecule has 0 N–H and O–H groups in total. The number of thiazole rings is 1. The number of carbonyl (C=O) groups is 1. The van der Waals surface area contributed by atoms with Crippen molar-refractivity contribution < 1.29 is 32.2 Å². The largest absolute Gasteiger partial charge is 0.493 e. The molecule has 0 saturated heterocycles. The fourth-order valence-electron chi connectivity index (χ4n) is 4.69. The zero-order valence-electron chi connectivity index (χ0n) is 23.2. The highest BCUT2D eigenvalue weighted by molar-refractivity contribution is 7.07. The van der Waals surface area contributed by atoms with Gasteiger partial charge in [-0.2, -0.15) is 13.2 Å². The van der Waals surface area contributed by atoms with Crippen LogP contribution < -0.4 is 24.4 Å². The molecular weight excluding hydrogens is 640 g/mol. The molecule has 0 spiro atoms. The fourth-order valence-corrected chi connectivity index (χ4v) is 6.02. The van der Waals surface area contributed by atoms with Crippen LogP contribution in [0, 0.1) is 0 Å². The van der Waals surface area contributed by atoms with E-state index in [1.165, 1.54) is 44.4 Å². The summed E-state index contributed by atoms with van der Waals surface area (Å²) in [5.41, 5.74) is -1.47. The van der Waals surface area contributed by atoms with Gasteiger partial charge < -0.3 is 14.2 Å². The first kappa shape index (κ1) is 31.4. The first-order valence-electron chi connectivity index (χ1n) is 13.1. The number of esters is 1. The van der Waals surface area contributed by atoms with E-state index in [0.717, 1.165) is 21.5 Å². The third kappa shape index (κ3) is 6.40. The van der Waals surface area contributed by atoms with Gasteiger partial charge in [-0.3, -0.25) is 9.36 Å². The summed E-state index contributed by atoms with van der Waals surface area (Å²) in [6, 6.07) is 16.5. The number of fused-ring (bicyclic) bond motifs is 1. The molecule has 7 nitrogen and oxygen atoms in total. The third-order valence-electron chi connectivity index (χ3n) is 6.57. The van der Waals surface area contributed by atoms with Crippen LogP contribution in [0.25, 0.3) is 6.08 Å². The van der Waals surface area contributed by atoms with Crippen LogP contribution in [0.1, 0.15) is 29.7 Å². The van der Waals surface area contributed by atoms with E-state index < -0.39 is 35.0 Å². The van der Waals surface area contributed by atoms with Gasteiger partial charge in [-0.25, -0.2) is 9.79 Å². The Balaban J connectivity index is 1.70. The fraction of sp³-hybridized carbons (Fsp3) is 0.194. The molecule has 5 rings (SSSR count). The van der Waals surface area contributed by atoms with Crippen LogP contribution in [0.15, 0.2) is 87.8 Å². The lowest BCUT2D eigenvalue weighted by molar-refractivity contribution is -0.140. The Morgan fingerprint density at radius 3 is 2.45 bits per heavy atom. The number of methoxy groups -OCH3 is 1. The number of aromatic nitrogens is 1. The number of nitrogens with zero attached hydrogens (tertiary/aromatic N) is 2. The van der Waals surface area contributed by atoms with Crippen molar-refractivity contribution in [1.29, 1.82) is 0 Å². The number of hydrogen-bond donors (Lipinski definition) is 0. The number of rotatable bonds is 8. The van der Waals surface area contributed by atoms with Crippen molar-refractivity contribution in [2.45, 2.75) is 25.7 Å². The molecule has 0 amide bonds. The second-order valence-electron chi connectivity index (χ2n) is 9.41. The number of allylic oxidation sites excluding steroid dienone is 1. The molecule has 0 saturated carbocycles. The molecule has 44 heavy (non-hydrogen) atoms. The molecule has 0 radical (unpaired) electrons. The van der Waals surface area contributed by atoms with E-state index >= 15 is 0 Å². The lowest BCUT2D eigenvalue weighted by Crippen LogP contribution is -2.41. The van der Waals surface area contributed by atoms with E-state index in [1.807, 2.05) is 6.07 Å². The standard InChI is InChI=1S/C31H23Cl2F3N2O5S/c1-3-42-29(40)24-25(18-10-12-20(32)13-11-18)38-28(39)23(44-30(38)37-27(24)31(34,35)36)15-19-7-5-9-22(41-2)26(19)43-16-17-6-4-8-21(33)14-17/h4-15,25H,3,16H2,1-2H3/b23-15-/t25-/m1/s1. The first-order chi connectivity index (χ1) is 21.0. The molecule has 13 heteroatoms. The normalized spacial score (nSPS) is 15.1. The molecule has 228 valence electrons. The van der Waals surface area contributed by atoms with Gasteiger partial charge in [-0.1, -0.05) is 70.9 Å². The van der Waals surface area contributed by atoms with Crippen molar-refractivity contribution in [1.82, 2.24) is 4.57 Å². The molecule has 1 aliphatic rings. The Kier molecular flexibility index (Phi) is 9.19. The predicted octanol–water partition coefficient (Wildman–Crippen LogP) is 6.24. The lowest BCUT2D eigenvalue weighted by atomic mass is 9.95. The Morgan fingerprint density at radius 2 is 1.80 bits per heavy atom. The zero-order chi connectivity index (χ0) is 31.6. The van der Waals surface area contributed by atoms with Crippen molar-refractivity contribution >= 4 is 46.6 Å². The minimum absolute atomic E-state index is 0.0511. The van der Waals surface area contributed by atoms with E-state index in [1.54, 1.807) is 36.4 Å². The van der Waals surface area contributed by atoms with Gasteiger partial charge in [0, 0.05) is 15.6 Å². The summed E-state index contributed by atoms with van der Waals surface area (Å²) in [5, 5.41) is 0.852. The number of alkyl halides is 3. The topological polar surface area (TPSA) is 79.1 Å². The summed E-state index contributed by atoms with van der Waals surface area (Å²) in [7, 11) is 1.46. The zero-order valence-corrected chi connectivity index (χ0v) is 25.5. The van der Waals surface area contributed by atoms with Gasteiger partial charge in [0.25, 0.3) is 5.56 Å². The molecule has 1 aromatic heterocycles. The quantitative estimate of drug-likeness (QED) is 0.209. The highest BCUT2D eigenvalue weighted by Gasteiger charge is 2.45. The summed E-state index contributed by atoms with van der Waals surface area (Å²) in [6.07, 6.45) is -3.53. The Morgan fingerprint density at radius 1 is 1.07 bits per heavy atom. The van der Waals surface area contributed by atoms with Crippen LogP contribution in [0.5, 0.6) is 11.5 Å². The average molecular weight is 664 g/mol. The third-order valence-corrected chi connectivity index (χ3v) is 8.04. The van der Waals surface area contributed by atoms with Crippen molar-refractivity contribution in [2.75, 3.05) is 13.7 Å². The SMILES string of the molecule is CCOC(=O)C1=C(C(F)(F)F)N=c2s/c(=C\c3cccc(OC)c3OCc3cccc(Cl)c3)c(=O)n2[C@@H]1c1ccc(Cl)cc1. The van der Waals surface area contributed by atoms with Gasteiger partial charge in [-0.05, 0) is 54.5 Å². The summed E-state index contributed by atoms with van der Waals surface area (Å²) >= 11 is 12.9. The molecule has 0 fully saturated rings. The molecule has 1 atom stereocenters. The van der Waals surface area contributed by atoms with E-state index in [2.05, 4.69) is 4.99 Å². The second-order valence-corrected chi connectivity index (χ2v) is 11.3. The maximum absolute atomic E-state index is 14.4. The summed E-state index contributed by atoms with van der Waals surface area (Å²) in [5.74, 6) is -0.558. The summed E-state index contributed by atoms with van der Waals surface area (Å²) in [6.45, 7) is 1.41. The molecule has 3 aromatic carbocycles. The average Bonchev–Trinajstić information content (AvgIpc) is 3.30. The van der Waals surface area contributed by atoms with Crippen LogP contribution in [0.3, 0.4) is 0 Å². The number of benzene rings is 3. The minimum atomic E-state index is -5.02. The number of hydrogen-bond acceptors (Lipinski definition) is 7. The van der Waals surface area contributed by atoms with E-state index in [-0.39, 0.29) is 28.1 Å². The predicted molar refractivity (Wildman–Crippen MR) is 161 cm³/mol. The number of para-hydroxylation sites is 1. The Labute approximate surface area is 263 Å². The van der Waals surface area contributed by atoms with Gasteiger partial charge in [0.05, 0.1) is 29.9 Å². The highest BCUT2D eigenvalue weighted by Crippen LogP contribution is 2.39. The molecule has 0 bridgehead atoms. The maximum Gasteiger partial charge on any atom is 0.434 e.